The molecule has 2 N–H and O–H groups in total. The number of nitrogen functional groups attached to an aromatic ring is 1. The van der Waals surface area contributed by atoms with Crippen molar-refractivity contribution in [2.75, 3.05) is 19.1 Å². The van der Waals surface area contributed by atoms with Gasteiger partial charge in [0.1, 0.15) is 17.1 Å². The van der Waals surface area contributed by atoms with Gasteiger partial charge in [-0.05, 0) is 30.5 Å². The van der Waals surface area contributed by atoms with Gasteiger partial charge in [0, 0.05) is 11.1 Å². The van der Waals surface area contributed by atoms with E-state index in [1.165, 1.54) is 29.8 Å². The molecule has 2 aromatic heterocycles. The first-order valence-corrected chi connectivity index (χ1v) is 8.90. The van der Waals surface area contributed by atoms with Crippen molar-refractivity contribution in [1.82, 2.24) is 19.7 Å². The van der Waals surface area contributed by atoms with Crippen LogP contribution in [0.2, 0.25) is 5.02 Å². The Balaban J connectivity index is 1.99. The van der Waals surface area contributed by atoms with E-state index in [2.05, 4.69) is 19.8 Å². The molecule has 3 rings (SSSR count). The van der Waals surface area contributed by atoms with E-state index >= 15 is 0 Å². The fourth-order valence-electron chi connectivity index (χ4n) is 2.08. The smallest absolute Gasteiger partial charge is 0.343 e. The van der Waals surface area contributed by atoms with Crippen LogP contribution in [-0.2, 0) is 4.74 Å². The summed E-state index contributed by atoms with van der Waals surface area (Å²) in [6, 6.07) is 8.44. The fourth-order valence-corrected chi connectivity index (χ4v) is 2.57. The van der Waals surface area contributed by atoms with Crippen LogP contribution in [0.3, 0.4) is 0 Å². The summed E-state index contributed by atoms with van der Waals surface area (Å²) >= 11 is 7.21. The second-order valence-electron chi connectivity index (χ2n) is 4.95. The van der Waals surface area contributed by atoms with E-state index in [0.29, 0.717) is 27.6 Å². The van der Waals surface area contributed by atoms with Crippen molar-refractivity contribution in [1.29, 1.82) is 0 Å². The highest BCUT2D eigenvalue weighted by Crippen LogP contribution is 2.26. The molecule has 0 spiro atoms. The van der Waals surface area contributed by atoms with Crippen LogP contribution in [0.1, 0.15) is 10.4 Å². The molecule has 0 aliphatic carbocycles. The number of thioether (sulfide) groups is 1. The number of carbonyl (C=O) groups excluding carboxylic acids is 1. The maximum absolute atomic E-state index is 11.7. The lowest BCUT2D eigenvalue weighted by atomic mass is 10.3. The van der Waals surface area contributed by atoms with Crippen LogP contribution in [0.5, 0.6) is 11.6 Å². The van der Waals surface area contributed by atoms with E-state index in [1.807, 2.05) is 6.26 Å². The number of nitrogens with zero attached hydrogens (tertiary/aromatic N) is 4. The summed E-state index contributed by atoms with van der Waals surface area (Å²) < 4.78 is 11.8. The largest absolute Gasteiger partial charge is 0.465 e. The van der Waals surface area contributed by atoms with Crippen LogP contribution in [0.4, 0.5) is 5.82 Å². The molecule has 0 saturated heterocycles. The van der Waals surface area contributed by atoms with Gasteiger partial charge in [-0.1, -0.05) is 23.4 Å². The standard InChI is InChI=1S/C16H14ClN5O3S/c1-24-15(23)11-8-19-22(14(11)18)12-7-13(21-16(20-12)26-2)25-10-5-3-9(17)4-6-10/h3-8H,18H2,1-2H3. The molecule has 0 unspecified atom stereocenters. The zero-order valence-corrected chi connectivity index (χ0v) is 15.4. The molecule has 0 fully saturated rings. The normalized spacial score (nSPS) is 10.6. The van der Waals surface area contributed by atoms with E-state index in [9.17, 15) is 4.79 Å². The third-order valence-corrected chi connectivity index (χ3v) is 4.12. The minimum atomic E-state index is -0.578. The first-order chi connectivity index (χ1) is 12.5. The molecular formula is C16H14ClN5O3S. The summed E-state index contributed by atoms with van der Waals surface area (Å²) in [5.74, 6) is 0.762. The highest BCUT2D eigenvalue weighted by atomic mass is 35.5. The van der Waals surface area contributed by atoms with Crippen molar-refractivity contribution in [3.05, 3.63) is 47.1 Å². The van der Waals surface area contributed by atoms with Crippen LogP contribution in [0.25, 0.3) is 5.82 Å². The number of halogens is 1. The maximum atomic E-state index is 11.7. The molecule has 2 heterocycles. The first-order valence-electron chi connectivity index (χ1n) is 7.30. The van der Waals surface area contributed by atoms with Crippen molar-refractivity contribution >= 4 is 35.1 Å². The molecule has 0 aliphatic rings. The van der Waals surface area contributed by atoms with Gasteiger partial charge in [0.2, 0.25) is 5.88 Å². The summed E-state index contributed by atoms with van der Waals surface area (Å²) in [5, 5.41) is 5.17. The van der Waals surface area contributed by atoms with Crippen molar-refractivity contribution in [3.8, 4) is 17.4 Å². The van der Waals surface area contributed by atoms with Crippen molar-refractivity contribution in [2.24, 2.45) is 0 Å². The quantitative estimate of drug-likeness (QED) is 0.401. The second kappa shape index (κ2) is 7.63. The summed E-state index contributed by atoms with van der Waals surface area (Å²) in [5.41, 5.74) is 6.15. The van der Waals surface area contributed by atoms with Gasteiger partial charge >= 0.3 is 5.97 Å². The highest BCUT2D eigenvalue weighted by molar-refractivity contribution is 7.98. The molecule has 0 saturated carbocycles. The van der Waals surface area contributed by atoms with Crippen LogP contribution in [0.15, 0.2) is 41.7 Å². The lowest BCUT2D eigenvalue weighted by Gasteiger charge is -2.09. The molecule has 0 atom stereocenters. The fraction of sp³-hybridized carbons (Fsp3) is 0.125. The van der Waals surface area contributed by atoms with Gasteiger partial charge < -0.3 is 15.2 Å². The number of carbonyl (C=O) groups is 1. The van der Waals surface area contributed by atoms with Gasteiger partial charge in [-0.3, -0.25) is 0 Å². The monoisotopic (exact) mass is 391 g/mol. The molecule has 134 valence electrons. The Morgan fingerprint density at radius 3 is 2.65 bits per heavy atom. The minimum Gasteiger partial charge on any atom is -0.465 e. The van der Waals surface area contributed by atoms with Gasteiger partial charge in [0.05, 0.1) is 13.3 Å². The molecule has 8 nitrogen and oxygen atoms in total. The molecule has 0 amide bonds. The van der Waals surface area contributed by atoms with Gasteiger partial charge in [-0.2, -0.15) is 14.8 Å². The number of methoxy groups -OCH3 is 1. The van der Waals surface area contributed by atoms with E-state index in [0.717, 1.165) is 0 Å². The number of nitrogens with two attached hydrogens (primary N) is 1. The predicted molar refractivity (Wildman–Crippen MR) is 98.2 cm³/mol. The maximum Gasteiger partial charge on any atom is 0.343 e. The number of aromatic nitrogens is 4. The Morgan fingerprint density at radius 1 is 1.27 bits per heavy atom. The SMILES string of the molecule is COC(=O)c1cnn(-c2cc(Oc3ccc(Cl)cc3)nc(SC)n2)c1N. The van der Waals surface area contributed by atoms with E-state index < -0.39 is 5.97 Å². The third kappa shape index (κ3) is 3.73. The van der Waals surface area contributed by atoms with Crippen LogP contribution in [0, 0.1) is 0 Å². The topological polar surface area (TPSA) is 105 Å². The number of benzene rings is 1. The van der Waals surface area contributed by atoms with Crippen LogP contribution in [-0.4, -0.2) is 39.1 Å². The average molecular weight is 392 g/mol. The first kappa shape index (κ1) is 18.0. The van der Waals surface area contributed by atoms with E-state index in [1.54, 1.807) is 30.3 Å². The molecule has 3 aromatic rings. The number of anilines is 1. The summed E-state index contributed by atoms with van der Waals surface area (Å²) in [7, 11) is 1.27. The Hall–Kier alpha value is -2.78. The average Bonchev–Trinajstić information content (AvgIpc) is 3.04. The van der Waals surface area contributed by atoms with Crippen LogP contribution < -0.4 is 10.5 Å². The van der Waals surface area contributed by atoms with Crippen molar-refractivity contribution < 1.29 is 14.3 Å². The number of hydrogen-bond acceptors (Lipinski definition) is 8. The highest BCUT2D eigenvalue weighted by Gasteiger charge is 2.18. The lowest BCUT2D eigenvalue weighted by Crippen LogP contribution is -2.09. The lowest BCUT2D eigenvalue weighted by molar-refractivity contribution is 0.0602. The van der Waals surface area contributed by atoms with Gasteiger partial charge in [0.15, 0.2) is 11.0 Å². The van der Waals surface area contributed by atoms with Gasteiger partial charge in [-0.25, -0.2) is 9.78 Å². The van der Waals surface area contributed by atoms with Crippen molar-refractivity contribution in [2.45, 2.75) is 5.16 Å². The van der Waals surface area contributed by atoms with Crippen LogP contribution >= 0.6 is 23.4 Å². The Morgan fingerprint density at radius 2 is 2.00 bits per heavy atom. The molecule has 10 heteroatoms. The Kier molecular flexibility index (Phi) is 5.29. The molecule has 0 bridgehead atoms. The zero-order valence-electron chi connectivity index (χ0n) is 13.8. The van der Waals surface area contributed by atoms with Gasteiger partial charge in [0.25, 0.3) is 0 Å². The molecule has 0 aliphatic heterocycles. The number of rotatable bonds is 5. The minimum absolute atomic E-state index is 0.111. The zero-order chi connectivity index (χ0) is 18.7. The summed E-state index contributed by atoms with van der Waals surface area (Å²) in [6.45, 7) is 0. The molecular weight excluding hydrogens is 378 g/mol. The Bertz CT molecular complexity index is 946. The van der Waals surface area contributed by atoms with E-state index in [4.69, 9.17) is 22.1 Å². The van der Waals surface area contributed by atoms with Crippen molar-refractivity contribution in [3.63, 3.8) is 0 Å². The molecule has 0 radical (unpaired) electrons. The van der Waals surface area contributed by atoms with Gasteiger partial charge in [-0.15, -0.1) is 0 Å². The Labute approximate surface area is 158 Å². The third-order valence-electron chi connectivity index (χ3n) is 3.32. The summed E-state index contributed by atoms with van der Waals surface area (Å²) in [4.78, 5) is 20.4. The molecule has 26 heavy (non-hydrogen) atoms. The number of hydrogen-bond donors (Lipinski definition) is 1. The number of esters is 1. The predicted octanol–water partition coefficient (Wildman–Crippen LogP) is 3.20. The summed E-state index contributed by atoms with van der Waals surface area (Å²) in [6.07, 6.45) is 3.15. The molecule has 1 aromatic carbocycles. The number of ether oxygens (including phenoxy) is 2. The van der Waals surface area contributed by atoms with E-state index in [-0.39, 0.29) is 11.4 Å². The second-order valence-corrected chi connectivity index (χ2v) is 6.16.